The molecule has 8 aromatic rings. The van der Waals surface area contributed by atoms with E-state index in [1.165, 1.54) is 5.56 Å². The predicted molar refractivity (Wildman–Crippen MR) is 188 cm³/mol. The molecular formula is C41H30N4O. The Morgan fingerprint density at radius 1 is 0.630 bits per heavy atom. The number of anilines is 1. The van der Waals surface area contributed by atoms with Crippen LogP contribution in [-0.4, -0.2) is 14.5 Å². The molecule has 6 aromatic carbocycles. The van der Waals surface area contributed by atoms with Crippen molar-refractivity contribution in [1.82, 2.24) is 14.5 Å². The van der Waals surface area contributed by atoms with Gasteiger partial charge in [0.05, 0.1) is 27.9 Å². The van der Waals surface area contributed by atoms with Crippen molar-refractivity contribution in [3.8, 4) is 33.8 Å². The summed E-state index contributed by atoms with van der Waals surface area (Å²) < 4.78 is 8.65. The Morgan fingerprint density at radius 2 is 1.30 bits per heavy atom. The lowest BCUT2D eigenvalue weighted by Crippen LogP contribution is -2.09. The maximum atomic E-state index is 6.39. The molecule has 0 bridgehead atoms. The first-order valence-electron chi connectivity index (χ1n) is 15.8. The van der Waals surface area contributed by atoms with Gasteiger partial charge >= 0.3 is 0 Å². The molecule has 0 saturated carbocycles. The first-order chi connectivity index (χ1) is 22.7. The van der Waals surface area contributed by atoms with Gasteiger partial charge in [0.25, 0.3) is 0 Å². The number of imidazole rings is 1. The van der Waals surface area contributed by atoms with Crippen LogP contribution in [0.5, 0.6) is 5.75 Å². The van der Waals surface area contributed by atoms with Crippen LogP contribution in [0.25, 0.3) is 60.8 Å². The molecule has 1 aliphatic heterocycles. The second-order valence-electron chi connectivity index (χ2n) is 11.7. The fraction of sp³-hybridized carbons (Fsp3) is 0.0732. The summed E-state index contributed by atoms with van der Waals surface area (Å²) in [5, 5.41) is 7.01. The summed E-state index contributed by atoms with van der Waals surface area (Å²) in [7, 11) is 0. The van der Waals surface area contributed by atoms with Crippen molar-refractivity contribution in [3.63, 3.8) is 0 Å². The summed E-state index contributed by atoms with van der Waals surface area (Å²) in [5.74, 6) is 1.92. The number of rotatable bonds is 5. The van der Waals surface area contributed by atoms with Crippen LogP contribution >= 0.6 is 0 Å². The van der Waals surface area contributed by atoms with Crippen LogP contribution in [0.15, 0.2) is 140 Å². The van der Waals surface area contributed by atoms with Gasteiger partial charge in [0.15, 0.2) is 6.23 Å². The van der Waals surface area contributed by atoms with Crippen LogP contribution < -0.4 is 10.1 Å². The fourth-order valence-electron chi connectivity index (χ4n) is 6.78. The second-order valence-corrected chi connectivity index (χ2v) is 11.7. The molecule has 1 aliphatic rings. The first-order valence-corrected chi connectivity index (χ1v) is 15.8. The zero-order valence-electron chi connectivity index (χ0n) is 25.3. The predicted octanol–water partition coefficient (Wildman–Crippen LogP) is 10.1. The normalized spacial score (nSPS) is 14.0. The molecule has 0 saturated heterocycles. The number of pyridine rings is 1. The third-order valence-electron chi connectivity index (χ3n) is 9.01. The lowest BCUT2D eigenvalue weighted by molar-refractivity contribution is 0.260. The van der Waals surface area contributed by atoms with Gasteiger partial charge in [-0.25, -0.2) is 9.97 Å². The van der Waals surface area contributed by atoms with E-state index in [2.05, 4.69) is 126 Å². The number of nitrogens with one attached hydrogen (secondary N) is 1. The summed E-state index contributed by atoms with van der Waals surface area (Å²) >= 11 is 0. The highest BCUT2D eigenvalue weighted by Gasteiger charge is 2.27. The smallest absolute Gasteiger partial charge is 0.196 e. The van der Waals surface area contributed by atoms with Crippen LogP contribution in [0.1, 0.15) is 24.5 Å². The van der Waals surface area contributed by atoms with E-state index >= 15 is 0 Å². The van der Waals surface area contributed by atoms with Gasteiger partial charge in [-0.2, -0.15) is 0 Å². The minimum atomic E-state index is -0.232. The standard InChI is InChI=1S/C41H30N4O/c1-2-37-42-34-14-8-9-15-35(34)45(37)30-22-20-27(21-23-30)26-16-18-28(19-17-26)39-32-24-25-36-40(38(32)31-12-6-7-13-33(31)43-39)44-41(46-36)29-10-4-3-5-11-29/h3-25,41,44H,2H2,1H3. The average molecular weight is 595 g/mol. The number of benzene rings is 6. The molecule has 1 atom stereocenters. The maximum absolute atomic E-state index is 6.39. The number of fused-ring (bicyclic) bond motifs is 6. The van der Waals surface area contributed by atoms with Crippen LogP contribution in [0.4, 0.5) is 5.69 Å². The lowest BCUT2D eigenvalue weighted by atomic mass is 9.96. The number of hydrogen-bond donors (Lipinski definition) is 1. The summed E-state index contributed by atoms with van der Waals surface area (Å²) in [4.78, 5) is 10.0. The van der Waals surface area contributed by atoms with Gasteiger partial charge in [0.1, 0.15) is 11.6 Å². The summed E-state index contributed by atoms with van der Waals surface area (Å²) in [6.07, 6.45) is 0.637. The summed E-state index contributed by atoms with van der Waals surface area (Å²) in [5.41, 5.74) is 10.7. The Balaban J connectivity index is 1.09. The van der Waals surface area contributed by atoms with Crippen LogP contribution in [0, 0.1) is 0 Å². The molecule has 5 nitrogen and oxygen atoms in total. The van der Waals surface area contributed by atoms with E-state index in [1.807, 2.05) is 30.3 Å². The van der Waals surface area contributed by atoms with Gasteiger partial charge in [0, 0.05) is 39.4 Å². The Bertz CT molecular complexity index is 2390. The van der Waals surface area contributed by atoms with Gasteiger partial charge in [-0.3, -0.25) is 4.57 Å². The monoisotopic (exact) mass is 594 g/mol. The SMILES string of the molecule is CCc1nc2ccccc2n1-c1ccc(-c2ccc(-c3nc4ccccc4c4c5c(ccc34)OC(c3ccccc3)N5)cc2)cc1. The number of ether oxygens (including phenoxy) is 1. The molecule has 0 fully saturated rings. The van der Waals surface area contributed by atoms with E-state index in [1.54, 1.807) is 0 Å². The summed E-state index contributed by atoms with van der Waals surface area (Å²) in [6.45, 7) is 2.15. The van der Waals surface area contributed by atoms with Crippen molar-refractivity contribution in [3.05, 3.63) is 151 Å². The van der Waals surface area contributed by atoms with E-state index in [0.717, 1.165) is 84.5 Å². The van der Waals surface area contributed by atoms with E-state index in [9.17, 15) is 0 Å². The van der Waals surface area contributed by atoms with E-state index < -0.39 is 0 Å². The van der Waals surface area contributed by atoms with Gasteiger partial charge in [-0.15, -0.1) is 0 Å². The highest BCUT2D eigenvalue weighted by atomic mass is 16.5. The topological polar surface area (TPSA) is 52.0 Å². The number of aromatic nitrogens is 3. The molecule has 0 aliphatic carbocycles. The molecule has 0 radical (unpaired) electrons. The van der Waals surface area contributed by atoms with Gasteiger partial charge in [-0.05, 0) is 53.6 Å². The highest BCUT2D eigenvalue weighted by Crippen LogP contribution is 2.47. The van der Waals surface area contributed by atoms with Crippen LogP contribution in [-0.2, 0) is 6.42 Å². The van der Waals surface area contributed by atoms with E-state index in [4.69, 9.17) is 14.7 Å². The van der Waals surface area contributed by atoms with Crippen molar-refractivity contribution in [2.75, 3.05) is 5.32 Å². The second kappa shape index (κ2) is 10.6. The van der Waals surface area contributed by atoms with E-state index in [0.29, 0.717) is 0 Å². The lowest BCUT2D eigenvalue weighted by Gasteiger charge is -2.14. The van der Waals surface area contributed by atoms with Crippen molar-refractivity contribution in [2.24, 2.45) is 0 Å². The largest absolute Gasteiger partial charge is 0.464 e. The molecule has 220 valence electrons. The molecule has 2 aromatic heterocycles. The van der Waals surface area contributed by atoms with Crippen molar-refractivity contribution < 1.29 is 4.74 Å². The quantitative estimate of drug-likeness (QED) is 0.202. The minimum absolute atomic E-state index is 0.232. The zero-order valence-corrected chi connectivity index (χ0v) is 25.3. The molecule has 5 heteroatoms. The number of para-hydroxylation sites is 3. The molecule has 46 heavy (non-hydrogen) atoms. The average Bonchev–Trinajstić information content (AvgIpc) is 3.74. The summed E-state index contributed by atoms with van der Waals surface area (Å²) in [6, 6.07) is 48.7. The minimum Gasteiger partial charge on any atom is -0.464 e. The third-order valence-corrected chi connectivity index (χ3v) is 9.01. The highest BCUT2D eigenvalue weighted by molar-refractivity contribution is 6.17. The number of hydrogen-bond acceptors (Lipinski definition) is 4. The number of aryl methyl sites for hydroxylation is 1. The van der Waals surface area contributed by atoms with Gasteiger partial charge < -0.3 is 10.1 Å². The van der Waals surface area contributed by atoms with Crippen molar-refractivity contribution >= 4 is 38.4 Å². The molecule has 1 N–H and O–H groups in total. The zero-order chi connectivity index (χ0) is 30.6. The van der Waals surface area contributed by atoms with Crippen LogP contribution in [0.2, 0.25) is 0 Å². The Hall–Kier alpha value is -5.94. The Kier molecular flexibility index (Phi) is 6.10. The molecule has 1 unspecified atom stereocenters. The molecule has 3 heterocycles. The van der Waals surface area contributed by atoms with Gasteiger partial charge in [-0.1, -0.05) is 104 Å². The number of nitrogens with zero attached hydrogens (tertiary/aromatic N) is 3. The Labute approximate surface area is 266 Å². The molecule has 0 amide bonds. The van der Waals surface area contributed by atoms with Crippen molar-refractivity contribution in [1.29, 1.82) is 0 Å². The Morgan fingerprint density at radius 3 is 2.09 bits per heavy atom. The third kappa shape index (κ3) is 4.24. The molecular weight excluding hydrogens is 564 g/mol. The van der Waals surface area contributed by atoms with Crippen molar-refractivity contribution in [2.45, 2.75) is 19.6 Å². The van der Waals surface area contributed by atoms with Crippen LogP contribution in [0.3, 0.4) is 0 Å². The molecule has 9 rings (SSSR count). The van der Waals surface area contributed by atoms with E-state index in [-0.39, 0.29) is 6.23 Å². The first kappa shape index (κ1) is 26.5. The fourth-order valence-corrected chi connectivity index (χ4v) is 6.78. The molecule has 0 spiro atoms. The van der Waals surface area contributed by atoms with Gasteiger partial charge in [0.2, 0.25) is 0 Å². The maximum Gasteiger partial charge on any atom is 0.196 e.